The lowest BCUT2D eigenvalue weighted by Gasteiger charge is -2.25. The lowest BCUT2D eigenvalue weighted by Crippen LogP contribution is -2.24. The second-order valence-electron chi connectivity index (χ2n) is 5.03. The summed E-state index contributed by atoms with van der Waals surface area (Å²) in [5.74, 6) is -0.669. The molecule has 1 nitrogen and oxygen atoms in total. The summed E-state index contributed by atoms with van der Waals surface area (Å²) in [6.45, 7) is 3.51. The van der Waals surface area contributed by atoms with Gasteiger partial charge in [-0.15, -0.1) is 0 Å². The van der Waals surface area contributed by atoms with E-state index in [9.17, 15) is 13.9 Å². The quantitative estimate of drug-likeness (QED) is 0.893. The van der Waals surface area contributed by atoms with Crippen LogP contribution in [0.1, 0.15) is 23.6 Å². The predicted octanol–water partition coefficient (Wildman–Crippen LogP) is 3.72. The zero-order valence-corrected chi connectivity index (χ0v) is 11.0. The van der Waals surface area contributed by atoms with Gasteiger partial charge in [0, 0.05) is 6.42 Å². The maximum Gasteiger partial charge on any atom is 0.123 e. The predicted molar refractivity (Wildman–Crippen MR) is 70.8 cm³/mol. The van der Waals surface area contributed by atoms with Gasteiger partial charge in [-0.1, -0.05) is 18.2 Å². The minimum absolute atomic E-state index is 0.280. The maximum absolute atomic E-state index is 13.2. The normalized spacial score (nSPS) is 14.2. The molecule has 0 heterocycles. The minimum atomic E-state index is -1.16. The average Bonchev–Trinajstić information content (AvgIpc) is 2.34. The molecule has 100 valence electrons. The molecule has 0 amide bonds. The molecule has 0 saturated carbocycles. The van der Waals surface area contributed by atoms with Gasteiger partial charge in [0.2, 0.25) is 0 Å². The highest BCUT2D eigenvalue weighted by molar-refractivity contribution is 5.31. The van der Waals surface area contributed by atoms with E-state index in [2.05, 4.69) is 0 Å². The number of aryl methyl sites for hydroxylation is 1. The van der Waals surface area contributed by atoms with E-state index in [0.717, 1.165) is 11.1 Å². The molecule has 1 atom stereocenters. The highest BCUT2D eigenvalue weighted by Crippen LogP contribution is 2.27. The molecule has 0 radical (unpaired) electrons. The van der Waals surface area contributed by atoms with Gasteiger partial charge in [-0.25, -0.2) is 8.78 Å². The third kappa shape index (κ3) is 3.18. The Kier molecular flexibility index (Phi) is 3.67. The highest BCUT2D eigenvalue weighted by Gasteiger charge is 2.24. The van der Waals surface area contributed by atoms with Crippen LogP contribution < -0.4 is 0 Å². The molecule has 0 aliphatic rings. The molecule has 0 aromatic heterocycles. The van der Waals surface area contributed by atoms with E-state index < -0.39 is 5.60 Å². The van der Waals surface area contributed by atoms with Crippen molar-refractivity contribution >= 4 is 0 Å². The molecule has 0 aliphatic heterocycles. The summed E-state index contributed by atoms with van der Waals surface area (Å²) in [5, 5.41) is 10.5. The molecule has 2 aromatic carbocycles. The van der Waals surface area contributed by atoms with E-state index in [4.69, 9.17) is 0 Å². The van der Waals surface area contributed by atoms with Crippen molar-refractivity contribution in [2.45, 2.75) is 25.9 Å². The van der Waals surface area contributed by atoms with Crippen molar-refractivity contribution in [2.24, 2.45) is 0 Å². The summed E-state index contributed by atoms with van der Waals surface area (Å²) in [4.78, 5) is 0. The van der Waals surface area contributed by atoms with Crippen LogP contribution in [-0.4, -0.2) is 5.11 Å². The Morgan fingerprint density at radius 1 is 1.00 bits per heavy atom. The smallest absolute Gasteiger partial charge is 0.123 e. The standard InChI is InChI=1S/C16H16F2O/c1-11-3-6-15(18)9-12(11)10-16(2,19)13-4-7-14(17)8-5-13/h3-9,19H,10H2,1-2H3. The highest BCUT2D eigenvalue weighted by atomic mass is 19.1. The molecule has 3 heteroatoms. The Morgan fingerprint density at radius 3 is 2.21 bits per heavy atom. The zero-order valence-electron chi connectivity index (χ0n) is 11.0. The first-order valence-corrected chi connectivity index (χ1v) is 6.12. The van der Waals surface area contributed by atoms with Crippen molar-refractivity contribution in [3.63, 3.8) is 0 Å². The second-order valence-corrected chi connectivity index (χ2v) is 5.03. The maximum atomic E-state index is 13.2. The van der Waals surface area contributed by atoms with Crippen LogP contribution in [-0.2, 0) is 12.0 Å². The Bertz CT molecular complexity index is 574. The fraction of sp³-hybridized carbons (Fsp3) is 0.250. The van der Waals surface area contributed by atoms with E-state index in [1.807, 2.05) is 6.92 Å². The van der Waals surface area contributed by atoms with Gasteiger partial charge in [0.1, 0.15) is 11.6 Å². The summed E-state index contributed by atoms with van der Waals surface area (Å²) < 4.78 is 26.1. The SMILES string of the molecule is Cc1ccc(F)cc1CC(C)(O)c1ccc(F)cc1. The fourth-order valence-corrected chi connectivity index (χ4v) is 2.11. The number of benzene rings is 2. The van der Waals surface area contributed by atoms with Crippen LogP contribution in [0.25, 0.3) is 0 Å². The first-order chi connectivity index (χ1) is 8.88. The molecular weight excluding hydrogens is 246 g/mol. The summed E-state index contributed by atoms with van der Waals surface area (Å²) in [5.41, 5.74) is 1.11. The van der Waals surface area contributed by atoms with E-state index in [1.54, 1.807) is 25.1 Å². The van der Waals surface area contributed by atoms with Gasteiger partial charge in [-0.3, -0.25) is 0 Å². The van der Waals surface area contributed by atoms with Gasteiger partial charge < -0.3 is 5.11 Å². The summed E-state index contributed by atoms with van der Waals surface area (Å²) >= 11 is 0. The summed E-state index contributed by atoms with van der Waals surface area (Å²) in [6, 6.07) is 10.2. The van der Waals surface area contributed by atoms with E-state index in [-0.39, 0.29) is 18.1 Å². The van der Waals surface area contributed by atoms with E-state index in [1.165, 1.54) is 24.3 Å². The molecule has 2 rings (SSSR count). The molecular formula is C16H16F2O. The van der Waals surface area contributed by atoms with Crippen molar-refractivity contribution in [3.8, 4) is 0 Å². The first kappa shape index (κ1) is 13.7. The Hall–Kier alpha value is -1.74. The van der Waals surface area contributed by atoms with Crippen LogP contribution in [0, 0.1) is 18.6 Å². The molecule has 0 fully saturated rings. The Labute approximate surface area is 111 Å². The number of aliphatic hydroxyl groups is 1. The van der Waals surface area contributed by atoms with Gasteiger partial charge in [-0.05, 0) is 54.8 Å². The molecule has 0 bridgehead atoms. The second kappa shape index (κ2) is 5.10. The van der Waals surface area contributed by atoms with Crippen LogP contribution in [0.15, 0.2) is 42.5 Å². The van der Waals surface area contributed by atoms with Gasteiger partial charge in [0.15, 0.2) is 0 Å². The average molecular weight is 262 g/mol. The molecule has 0 spiro atoms. The molecule has 1 N–H and O–H groups in total. The molecule has 0 aliphatic carbocycles. The zero-order chi connectivity index (χ0) is 14.0. The number of hydrogen-bond acceptors (Lipinski definition) is 1. The lowest BCUT2D eigenvalue weighted by atomic mass is 9.87. The van der Waals surface area contributed by atoms with Crippen molar-refractivity contribution < 1.29 is 13.9 Å². The van der Waals surface area contributed by atoms with Crippen LogP contribution >= 0.6 is 0 Å². The summed E-state index contributed by atoms with van der Waals surface area (Å²) in [7, 11) is 0. The molecule has 19 heavy (non-hydrogen) atoms. The van der Waals surface area contributed by atoms with Gasteiger partial charge >= 0.3 is 0 Å². The monoisotopic (exact) mass is 262 g/mol. The van der Waals surface area contributed by atoms with Gasteiger partial charge in [0.05, 0.1) is 5.60 Å². The Morgan fingerprint density at radius 2 is 1.58 bits per heavy atom. The van der Waals surface area contributed by atoms with Crippen molar-refractivity contribution in [3.05, 3.63) is 70.8 Å². The van der Waals surface area contributed by atoms with Gasteiger partial charge in [0.25, 0.3) is 0 Å². The molecule has 1 unspecified atom stereocenters. The van der Waals surface area contributed by atoms with Crippen LogP contribution in [0.3, 0.4) is 0 Å². The van der Waals surface area contributed by atoms with Crippen LogP contribution in [0.2, 0.25) is 0 Å². The molecule has 0 saturated heterocycles. The topological polar surface area (TPSA) is 20.2 Å². The summed E-state index contributed by atoms with van der Waals surface area (Å²) in [6.07, 6.45) is 0.280. The number of halogens is 2. The number of hydrogen-bond donors (Lipinski definition) is 1. The number of rotatable bonds is 3. The largest absolute Gasteiger partial charge is 0.385 e. The Balaban J connectivity index is 2.30. The molecule has 2 aromatic rings. The lowest BCUT2D eigenvalue weighted by molar-refractivity contribution is 0.0573. The van der Waals surface area contributed by atoms with Gasteiger partial charge in [-0.2, -0.15) is 0 Å². The van der Waals surface area contributed by atoms with E-state index >= 15 is 0 Å². The van der Waals surface area contributed by atoms with Crippen LogP contribution in [0.5, 0.6) is 0 Å². The van der Waals surface area contributed by atoms with Crippen molar-refractivity contribution in [1.82, 2.24) is 0 Å². The van der Waals surface area contributed by atoms with Crippen molar-refractivity contribution in [2.75, 3.05) is 0 Å². The van der Waals surface area contributed by atoms with E-state index in [0.29, 0.717) is 5.56 Å². The third-order valence-corrected chi connectivity index (χ3v) is 3.31. The fourth-order valence-electron chi connectivity index (χ4n) is 2.11. The van der Waals surface area contributed by atoms with Crippen molar-refractivity contribution in [1.29, 1.82) is 0 Å². The minimum Gasteiger partial charge on any atom is -0.385 e. The van der Waals surface area contributed by atoms with Crippen LogP contribution in [0.4, 0.5) is 8.78 Å². The first-order valence-electron chi connectivity index (χ1n) is 6.12. The third-order valence-electron chi connectivity index (χ3n) is 3.31.